The highest BCUT2D eigenvalue weighted by molar-refractivity contribution is 8.15. The number of thioether (sulfide) groups is 1. The molecular weight excluding hydrogens is 404 g/mol. The first-order chi connectivity index (χ1) is 14.4. The molecule has 0 aliphatic carbocycles. The summed E-state index contributed by atoms with van der Waals surface area (Å²) in [5, 5.41) is -0.328. The molecule has 0 saturated carbocycles. The van der Waals surface area contributed by atoms with Gasteiger partial charge in [0.25, 0.3) is 17.1 Å². The molecule has 3 amide bonds. The lowest BCUT2D eigenvalue weighted by Crippen LogP contribution is -2.41. The van der Waals surface area contributed by atoms with E-state index in [1.54, 1.807) is 0 Å². The number of rotatable bonds is 6. The van der Waals surface area contributed by atoms with Crippen LogP contribution in [0, 0.1) is 13.8 Å². The van der Waals surface area contributed by atoms with E-state index in [9.17, 15) is 14.4 Å². The highest BCUT2D eigenvalue weighted by Crippen LogP contribution is 2.30. The van der Waals surface area contributed by atoms with Crippen molar-refractivity contribution < 1.29 is 23.9 Å². The molecule has 2 aliphatic heterocycles. The Morgan fingerprint density at radius 1 is 1.10 bits per heavy atom. The Hall–Kier alpha value is -2.84. The smallest absolute Gasteiger partial charge is 0.291 e. The number of hydrogen-bond donors (Lipinski definition) is 0. The van der Waals surface area contributed by atoms with Gasteiger partial charge in [0.05, 0.1) is 18.7 Å². The van der Waals surface area contributed by atoms with Gasteiger partial charge in [-0.15, -0.1) is 0 Å². The molecule has 0 aromatic heterocycles. The topological polar surface area (TPSA) is 76.2 Å². The number of imide groups is 1. The summed E-state index contributed by atoms with van der Waals surface area (Å²) in [4.78, 5) is 40.2. The molecule has 2 aromatic carbocycles. The third-order valence-electron chi connectivity index (χ3n) is 5.20. The molecule has 0 bridgehead atoms. The van der Waals surface area contributed by atoms with E-state index in [2.05, 4.69) is 0 Å². The van der Waals surface area contributed by atoms with Crippen molar-refractivity contribution in [3.63, 3.8) is 0 Å². The fraction of sp³-hybridized carbons (Fsp3) is 0.318. The minimum atomic E-state index is -0.890. The second-order valence-electron chi connectivity index (χ2n) is 7.27. The minimum absolute atomic E-state index is 0.127. The second kappa shape index (κ2) is 8.49. The predicted octanol–water partition coefficient (Wildman–Crippen LogP) is 3.33. The highest BCUT2D eigenvalue weighted by atomic mass is 32.2. The zero-order chi connectivity index (χ0) is 21.3. The van der Waals surface area contributed by atoms with Crippen molar-refractivity contribution in [2.45, 2.75) is 25.8 Å². The number of fused-ring (bicyclic) bond motifs is 1. The molecule has 30 heavy (non-hydrogen) atoms. The summed E-state index contributed by atoms with van der Waals surface area (Å²) in [5.74, 6) is 0.0885. The molecule has 0 radical (unpaired) electrons. The molecule has 2 aliphatic rings. The van der Waals surface area contributed by atoms with E-state index >= 15 is 0 Å². The van der Waals surface area contributed by atoms with E-state index in [0.717, 1.165) is 28.5 Å². The van der Waals surface area contributed by atoms with Crippen molar-refractivity contribution >= 4 is 28.8 Å². The predicted molar refractivity (Wildman–Crippen MR) is 112 cm³/mol. The Morgan fingerprint density at radius 3 is 2.60 bits per heavy atom. The lowest BCUT2D eigenvalue weighted by molar-refractivity contribution is -0.134. The number of ether oxygens (including phenoxy) is 2. The van der Waals surface area contributed by atoms with Crippen LogP contribution in [0.1, 0.15) is 27.0 Å². The molecule has 0 spiro atoms. The summed E-state index contributed by atoms with van der Waals surface area (Å²) in [6.45, 7) is 4.67. The van der Waals surface area contributed by atoms with Gasteiger partial charge < -0.3 is 14.4 Å². The summed E-state index contributed by atoms with van der Waals surface area (Å²) in [5.41, 5.74) is 2.60. The van der Waals surface area contributed by atoms with Crippen molar-refractivity contribution in [3.8, 4) is 5.75 Å². The van der Waals surface area contributed by atoms with E-state index in [1.807, 2.05) is 56.3 Å². The third-order valence-corrected chi connectivity index (χ3v) is 6.17. The lowest BCUT2D eigenvalue weighted by atomic mass is 10.0. The van der Waals surface area contributed by atoms with E-state index in [0.29, 0.717) is 11.3 Å². The summed E-state index contributed by atoms with van der Waals surface area (Å²) in [7, 11) is 0. The summed E-state index contributed by atoms with van der Waals surface area (Å²) >= 11 is 0.861. The maximum Gasteiger partial charge on any atom is 0.291 e. The number of hydrogen-bond acceptors (Lipinski definition) is 6. The minimum Gasteiger partial charge on any atom is -0.472 e. The number of aryl methyl sites for hydroxylation is 2. The van der Waals surface area contributed by atoms with Crippen molar-refractivity contribution in [1.29, 1.82) is 0 Å². The molecular formula is C22H22N2O5S. The van der Waals surface area contributed by atoms with Crippen LogP contribution in [-0.2, 0) is 16.1 Å². The van der Waals surface area contributed by atoms with Gasteiger partial charge in [-0.1, -0.05) is 30.3 Å². The standard InChI is InChI=1S/C22H22N2O5S/c1-14-10-17-18(11-15(14)2)29-13-23(19(17)25)8-9-28-21-20(26)24(22(27)30-21)12-16-6-4-3-5-7-16/h3-7,10-11,21H,8-9,12-13H2,1-2H3. The van der Waals surface area contributed by atoms with Crippen molar-refractivity contribution in [1.82, 2.24) is 9.80 Å². The quantitative estimate of drug-likeness (QED) is 0.705. The zero-order valence-electron chi connectivity index (χ0n) is 16.8. The van der Waals surface area contributed by atoms with Crippen LogP contribution in [0.15, 0.2) is 42.5 Å². The molecule has 4 rings (SSSR count). The Morgan fingerprint density at radius 2 is 1.83 bits per heavy atom. The average molecular weight is 426 g/mol. The van der Waals surface area contributed by atoms with Crippen LogP contribution in [0.4, 0.5) is 4.79 Å². The highest BCUT2D eigenvalue weighted by Gasteiger charge is 2.40. The summed E-state index contributed by atoms with van der Waals surface area (Å²) in [6, 6.07) is 13.0. The Kier molecular flexibility index (Phi) is 5.78. The first kappa shape index (κ1) is 20.4. The van der Waals surface area contributed by atoms with Crippen LogP contribution in [0.3, 0.4) is 0 Å². The Labute approximate surface area is 178 Å². The maximum absolute atomic E-state index is 12.7. The SMILES string of the molecule is Cc1cc2c(cc1C)C(=O)N(CCOC1SC(=O)N(Cc3ccccc3)C1=O)CO2. The molecule has 2 aromatic rings. The van der Waals surface area contributed by atoms with Gasteiger partial charge in [0.15, 0.2) is 12.2 Å². The second-order valence-corrected chi connectivity index (χ2v) is 8.28. The lowest BCUT2D eigenvalue weighted by Gasteiger charge is -2.29. The van der Waals surface area contributed by atoms with Crippen LogP contribution in [0.25, 0.3) is 0 Å². The third kappa shape index (κ3) is 4.06. The Bertz CT molecular complexity index is 995. The van der Waals surface area contributed by atoms with E-state index < -0.39 is 5.44 Å². The number of carbonyl (C=O) groups is 3. The number of amides is 3. The van der Waals surface area contributed by atoms with Crippen molar-refractivity contribution in [2.75, 3.05) is 19.9 Å². The molecule has 0 N–H and O–H groups in total. The molecule has 1 saturated heterocycles. The zero-order valence-corrected chi connectivity index (χ0v) is 17.6. The van der Waals surface area contributed by atoms with Crippen molar-refractivity contribution in [2.24, 2.45) is 0 Å². The van der Waals surface area contributed by atoms with Gasteiger partial charge in [0, 0.05) is 6.54 Å². The number of carbonyl (C=O) groups excluding carboxylic acids is 3. The molecule has 2 heterocycles. The van der Waals surface area contributed by atoms with Crippen LogP contribution in [-0.4, -0.2) is 52.2 Å². The molecule has 8 heteroatoms. The first-order valence-corrected chi connectivity index (χ1v) is 10.5. The van der Waals surface area contributed by atoms with Gasteiger partial charge in [-0.05, 0) is 54.4 Å². The fourth-order valence-electron chi connectivity index (χ4n) is 3.33. The van der Waals surface area contributed by atoms with Crippen molar-refractivity contribution in [3.05, 3.63) is 64.7 Å². The molecule has 156 valence electrons. The van der Waals surface area contributed by atoms with E-state index in [4.69, 9.17) is 9.47 Å². The van der Waals surface area contributed by atoms with Gasteiger partial charge >= 0.3 is 0 Å². The van der Waals surface area contributed by atoms with Gasteiger partial charge in [-0.2, -0.15) is 0 Å². The molecule has 1 unspecified atom stereocenters. The van der Waals surface area contributed by atoms with Gasteiger partial charge in [0.2, 0.25) is 0 Å². The average Bonchev–Trinajstić information content (AvgIpc) is 3.00. The van der Waals surface area contributed by atoms with Crippen LogP contribution < -0.4 is 4.74 Å². The largest absolute Gasteiger partial charge is 0.472 e. The maximum atomic E-state index is 12.7. The summed E-state index contributed by atoms with van der Waals surface area (Å²) < 4.78 is 11.3. The van der Waals surface area contributed by atoms with Gasteiger partial charge in [-0.3, -0.25) is 19.3 Å². The van der Waals surface area contributed by atoms with E-state index in [1.165, 1.54) is 9.80 Å². The van der Waals surface area contributed by atoms with Crippen LogP contribution >= 0.6 is 11.8 Å². The summed E-state index contributed by atoms with van der Waals surface area (Å²) in [6.07, 6.45) is 0. The van der Waals surface area contributed by atoms with Crippen LogP contribution in [0.5, 0.6) is 5.75 Å². The van der Waals surface area contributed by atoms with E-state index in [-0.39, 0.29) is 43.5 Å². The number of nitrogens with zero attached hydrogens (tertiary/aromatic N) is 2. The fourth-order valence-corrected chi connectivity index (χ4v) is 4.18. The first-order valence-electron chi connectivity index (χ1n) is 9.65. The Balaban J connectivity index is 1.32. The van der Waals surface area contributed by atoms with Gasteiger partial charge in [0.1, 0.15) is 5.75 Å². The number of benzene rings is 2. The molecule has 7 nitrogen and oxygen atoms in total. The molecule has 1 fully saturated rings. The van der Waals surface area contributed by atoms with Gasteiger partial charge in [-0.25, -0.2) is 0 Å². The normalized spacial score (nSPS) is 18.6. The molecule has 1 atom stereocenters. The van der Waals surface area contributed by atoms with Crippen LogP contribution in [0.2, 0.25) is 0 Å². The monoisotopic (exact) mass is 426 g/mol.